The van der Waals surface area contributed by atoms with E-state index in [1.165, 1.54) is 24.3 Å². The summed E-state index contributed by atoms with van der Waals surface area (Å²) in [5, 5.41) is -6.82. The molecule has 3 nitrogen and oxygen atoms in total. The van der Waals surface area contributed by atoms with Crippen LogP contribution in [0.1, 0.15) is 18.4 Å². The van der Waals surface area contributed by atoms with Crippen LogP contribution >= 0.6 is 10.3 Å². The van der Waals surface area contributed by atoms with Gasteiger partial charge in [0.1, 0.15) is 0 Å². The largest absolute Gasteiger partial charge is 0.460 e. The zero-order valence-electron chi connectivity index (χ0n) is 14.4. The summed E-state index contributed by atoms with van der Waals surface area (Å²) in [7, 11) is -9.87. The Hall–Kier alpha value is -1.15. The second-order valence-electron chi connectivity index (χ2n) is 6.40. The summed E-state index contributed by atoms with van der Waals surface area (Å²) in [6, 6.07) is 7.60. The maximum atomic E-state index is 13.9. The van der Waals surface area contributed by atoms with Gasteiger partial charge in [0, 0.05) is 17.3 Å². The molecular weight excluding hydrogens is 463 g/mol. The van der Waals surface area contributed by atoms with Crippen molar-refractivity contribution in [2.75, 3.05) is 11.5 Å². The van der Waals surface area contributed by atoms with Crippen LogP contribution in [0.3, 0.4) is 0 Å². The lowest BCUT2D eigenvalue weighted by molar-refractivity contribution is -0.382. The third kappa shape index (κ3) is 4.20. The maximum Gasteiger partial charge on any atom is 0.460 e. The molecule has 1 aromatic carbocycles. The SMILES string of the molecule is O=S(=O)(OS1(Cc2ccccc2)CCCC1)C(F)(F)C(F)(F)C(F)(F)C(F)(F)F. The Bertz CT molecular complexity index is 817. The van der Waals surface area contributed by atoms with Crippen molar-refractivity contribution < 1.29 is 51.6 Å². The Kier molecular flexibility index (Phi) is 6.25. The second kappa shape index (κ2) is 7.52. The smallest absolute Gasteiger partial charge is 0.215 e. The van der Waals surface area contributed by atoms with Gasteiger partial charge in [0.25, 0.3) is 0 Å². The van der Waals surface area contributed by atoms with Crippen molar-refractivity contribution in [3.05, 3.63) is 35.9 Å². The van der Waals surface area contributed by atoms with E-state index in [4.69, 9.17) is 0 Å². The molecule has 1 aliphatic rings. The standard InChI is InChI=1S/C15H15F9O3S2/c16-12(17,14(20,21)22)13(18,19)15(23,24)29(25,26)27-28(8-4-5-9-28)10-11-6-2-1-3-7-11/h1-3,6-7H,4-5,8-10H2. The topological polar surface area (TPSA) is 43.4 Å². The minimum absolute atomic E-state index is 0.113. The van der Waals surface area contributed by atoms with Crippen molar-refractivity contribution in [3.63, 3.8) is 0 Å². The number of halogens is 9. The summed E-state index contributed by atoms with van der Waals surface area (Å²) in [6.07, 6.45) is -6.53. The van der Waals surface area contributed by atoms with Crippen LogP contribution in [0.25, 0.3) is 0 Å². The molecule has 0 amide bonds. The second-order valence-corrected chi connectivity index (χ2v) is 11.4. The summed E-state index contributed by atoms with van der Waals surface area (Å²) < 4.78 is 146. The quantitative estimate of drug-likeness (QED) is 0.488. The fourth-order valence-electron chi connectivity index (χ4n) is 2.70. The van der Waals surface area contributed by atoms with Crippen LogP contribution in [0.2, 0.25) is 0 Å². The predicted molar refractivity (Wildman–Crippen MR) is 87.6 cm³/mol. The number of hydrogen-bond donors (Lipinski definition) is 0. The first-order valence-corrected chi connectivity index (χ1v) is 11.4. The third-order valence-corrected chi connectivity index (χ3v) is 9.90. The molecule has 1 aliphatic heterocycles. The molecule has 2 rings (SSSR count). The zero-order valence-corrected chi connectivity index (χ0v) is 16.0. The lowest BCUT2D eigenvalue weighted by Gasteiger charge is -2.38. The molecular formula is C15H15F9O3S2. The molecule has 0 N–H and O–H groups in total. The maximum absolute atomic E-state index is 13.9. The van der Waals surface area contributed by atoms with Gasteiger partial charge in [-0.2, -0.15) is 47.9 Å². The molecule has 0 radical (unpaired) electrons. The molecule has 0 aliphatic carbocycles. The molecule has 1 fully saturated rings. The highest BCUT2D eigenvalue weighted by atomic mass is 32.3. The predicted octanol–water partition coefficient (Wildman–Crippen LogP) is 5.47. The minimum atomic E-state index is -7.31. The van der Waals surface area contributed by atoms with Crippen molar-refractivity contribution in [1.82, 2.24) is 0 Å². The van der Waals surface area contributed by atoms with E-state index in [1.807, 2.05) is 0 Å². The normalized spacial score (nSPS) is 19.9. The molecule has 168 valence electrons. The lowest BCUT2D eigenvalue weighted by Crippen LogP contribution is -2.63. The molecule has 0 aromatic heterocycles. The fraction of sp³-hybridized carbons (Fsp3) is 0.600. The number of alkyl halides is 9. The van der Waals surface area contributed by atoms with E-state index >= 15 is 0 Å². The van der Waals surface area contributed by atoms with Gasteiger partial charge in [-0.05, 0) is 18.4 Å². The number of benzene rings is 1. The Balaban J connectivity index is 2.41. The van der Waals surface area contributed by atoms with Crippen molar-refractivity contribution in [1.29, 1.82) is 0 Å². The molecule has 1 heterocycles. The van der Waals surface area contributed by atoms with E-state index in [2.05, 4.69) is 3.63 Å². The van der Waals surface area contributed by atoms with E-state index < -0.39 is 43.7 Å². The summed E-state index contributed by atoms with van der Waals surface area (Å²) >= 11 is 0. The molecule has 0 bridgehead atoms. The summed E-state index contributed by atoms with van der Waals surface area (Å²) in [5.74, 6) is -15.1. The molecule has 0 saturated carbocycles. The Labute approximate surface area is 161 Å². The molecule has 29 heavy (non-hydrogen) atoms. The highest BCUT2D eigenvalue weighted by Crippen LogP contribution is 2.62. The first-order valence-electron chi connectivity index (χ1n) is 7.95. The van der Waals surface area contributed by atoms with E-state index in [0.717, 1.165) is 0 Å². The highest BCUT2D eigenvalue weighted by molar-refractivity contribution is 8.32. The average Bonchev–Trinajstić information content (AvgIpc) is 3.01. The Morgan fingerprint density at radius 3 is 1.76 bits per heavy atom. The van der Waals surface area contributed by atoms with Gasteiger partial charge in [-0.25, -0.2) is 3.63 Å². The molecule has 0 unspecified atom stereocenters. The van der Waals surface area contributed by atoms with E-state index in [0.29, 0.717) is 18.4 Å². The lowest BCUT2D eigenvalue weighted by atomic mass is 10.1. The van der Waals surface area contributed by atoms with Gasteiger partial charge in [0.15, 0.2) is 0 Å². The average molecular weight is 478 g/mol. The van der Waals surface area contributed by atoms with Crippen LogP contribution < -0.4 is 0 Å². The van der Waals surface area contributed by atoms with E-state index in [-0.39, 0.29) is 17.3 Å². The zero-order chi connectivity index (χ0) is 22.4. The van der Waals surface area contributed by atoms with Crippen molar-refractivity contribution >= 4 is 20.4 Å². The molecule has 0 spiro atoms. The van der Waals surface area contributed by atoms with Gasteiger partial charge in [-0.1, -0.05) is 30.3 Å². The summed E-state index contributed by atoms with van der Waals surface area (Å²) in [5.41, 5.74) is 0.412. The van der Waals surface area contributed by atoms with Gasteiger partial charge in [-0.3, -0.25) is 0 Å². The van der Waals surface area contributed by atoms with Crippen LogP contribution in [0, 0.1) is 0 Å². The first kappa shape index (κ1) is 24.1. The van der Waals surface area contributed by atoms with Crippen LogP contribution in [-0.2, 0) is 19.5 Å². The van der Waals surface area contributed by atoms with E-state index in [9.17, 15) is 47.9 Å². The van der Waals surface area contributed by atoms with Crippen molar-refractivity contribution in [2.45, 2.75) is 41.9 Å². The Morgan fingerprint density at radius 1 is 0.828 bits per heavy atom. The van der Waals surface area contributed by atoms with Crippen molar-refractivity contribution in [2.24, 2.45) is 0 Å². The molecule has 1 saturated heterocycles. The van der Waals surface area contributed by atoms with Crippen LogP contribution in [0.4, 0.5) is 39.5 Å². The molecule has 14 heteroatoms. The van der Waals surface area contributed by atoms with Crippen molar-refractivity contribution in [3.8, 4) is 0 Å². The Morgan fingerprint density at radius 2 is 1.31 bits per heavy atom. The monoisotopic (exact) mass is 478 g/mol. The summed E-state index contributed by atoms with van der Waals surface area (Å²) in [4.78, 5) is 0. The highest BCUT2D eigenvalue weighted by Gasteiger charge is 2.86. The van der Waals surface area contributed by atoms with Gasteiger partial charge in [0.2, 0.25) is 0 Å². The van der Waals surface area contributed by atoms with Crippen LogP contribution in [-0.4, -0.2) is 43.2 Å². The molecule has 1 aromatic rings. The first-order chi connectivity index (χ1) is 13.0. The van der Waals surface area contributed by atoms with Gasteiger partial charge >= 0.3 is 33.4 Å². The van der Waals surface area contributed by atoms with Gasteiger partial charge in [0.05, 0.1) is 0 Å². The fourth-order valence-corrected chi connectivity index (χ4v) is 8.49. The van der Waals surface area contributed by atoms with Gasteiger partial charge < -0.3 is 0 Å². The number of rotatable bonds is 7. The van der Waals surface area contributed by atoms with Crippen LogP contribution in [0.5, 0.6) is 0 Å². The number of hydrogen-bond acceptors (Lipinski definition) is 3. The minimum Gasteiger partial charge on any atom is -0.215 e. The molecule has 0 atom stereocenters. The summed E-state index contributed by atoms with van der Waals surface area (Å²) in [6.45, 7) is 0. The van der Waals surface area contributed by atoms with Crippen LogP contribution in [0.15, 0.2) is 30.3 Å². The van der Waals surface area contributed by atoms with E-state index in [1.54, 1.807) is 6.07 Å². The third-order valence-electron chi connectivity index (χ3n) is 4.22. The van der Waals surface area contributed by atoms with Gasteiger partial charge in [-0.15, -0.1) is 10.3 Å².